The van der Waals surface area contributed by atoms with Crippen LogP contribution in [0.3, 0.4) is 0 Å². The number of carboxylic acids is 1. The molecule has 4 aromatic carbocycles. The molecular weight excluding hydrogens is 403 g/mol. The highest BCUT2D eigenvalue weighted by molar-refractivity contribution is 5.94. The van der Waals surface area contributed by atoms with Crippen LogP contribution in [0.2, 0.25) is 0 Å². The molecule has 32 heavy (non-hydrogen) atoms. The number of carboxylic acid groups (broad SMARTS) is 1. The van der Waals surface area contributed by atoms with Crippen molar-refractivity contribution in [2.24, 2.45) is 0 Å². The van der Waals surface area contributed by atoms with Crippen molar-refractivity contribution in [2.75, 3.05) is 0 Å². The summed E-state index contributed by atoms with van der Waals surface area (Å²) >= 11 is 0. The lowest BCUT2D eigenvalue weighted by Gasteiger charge is -2.08. The Kier molecular flexibility index (Phi) is 6.42. The van der Waals surface area contributed by atoms with Gasteiger partial charge in [-0.05, 0) is 64.2 Å². The molecule has 0 saturated heterocycles. The van der Waals surface area contributed by atoms with Gasteiger partial charge in [-0.3, -0.25) is 0 Å². The van der Waals surface area contributed by atoms with E-state index in [4.69, 9.17) is 4.74 Å². The number of aromatic carboxylic acids is 1. The van der Waals surface area contributed by atoms with Gasteiger partial charge in [0, 0.05) is 0 Å². The second kappa shape index (κ2) is 9.75. The minimum absolute atomic E-state index is 0.204. The van der Waals surface area contributed by atoms with Gasteiger partial charge in [0.05, 0.1) is 5.56 Å². The highest BCUT2D eigenvalue weighted by Gasteiger charge is 2.10. The molecule has 4 rings (SSSR count). The second-order valence-electron chi connectivity index (χ2n) is 7.29. The summed E-state index contributed by atoms with van der Waals surface area (Å²) in [5.41, 5.74) is 4.43. The summed E-state index contributed by atoms with van der Waals surface area (Å²) in [6, 6.07) is 28.8. The first-order valence-electron chi connectivity index (χ1n) is 10.2. The van der Waals surface area contributed by atoms with Gasteiger partial charge in [0.25, 0.3) is 0 Å². The van der Waals surface area contributed by atoms with Crippen molar-refractivity contribution in [3.05, 3.63) is 125 Å². The number of halogens is 1. The molecule has 0 spiro atoms. The summed E-state index contributed by atoms with van der Waals surface area (Å²) in [6.07, 6.45) is 3.63. The smallest absolute Gasteiger partial charge is 0.336 e. The summed E-state index contributed by atoms with van der Waals surface area (Å²) in [5, 5.41) is 9.55. The first-order chi connectivity index (χ1) is 15.6. The van der Waals surface area contributed by atoms with Gasteiger partial charge >= 0.3 is 5.97 Å². The Hall–Kier alpha value is -4.18. The highest BCUT2D eigenvalue weighted by Crippen LogP contribution is 2.25. The van der Waals surface area contributed by atoms with E-state index >= 15 is 0 Å². The highest BCUT2D eigenvalue weighted by atomic mass is 19.1. The Morgan fingerprint density at radius 3 is 2.19 bits per heavy atom. The van der Waals surface area contributed by atoms with Gasteiger partial charge in [-0.2, -0.15) is 0 Å². The fourth-order valence-corrected chi connectivity index (χ4v) is 3.32. The lowest BCUT2D eigenvalue weighted by atomic mass is 9.98. The van der Waals surface area contributed by atoms with Crippen LogP contribution in [0.25, 0.3) is 23.3 Å². The van der Waals surface area contributed by atoms with Crippen LogP contribution in [0.4, 0.5) is 4.39 Å². The van der Waals surface area contributed by atoms with Crippen LogP contribution >= 0.6 is 0 Å². The lowest BCUT2D eigenvalue weighted by Crippen LogP contribution is -1.99. The molecule has 0 aromatic heterocycles. The van der Waals surface area contributed by atoms with Gasteiger partial charge in [-0.1, -0.05) is 72.8 Å². The zero-order valence-electron chi connectivity index (χ0n) is 17.2. The third-order valence-corrected chi connectivity index (χ3v) is 5.04. The molecule has 4 aromatic rings. The van der Waals surface area contributed by atoms with Gasteiger partial charge in [0.1, 0.15) is 18.2 Å². The Labute approximate surface area is 186 Å². The van der Waals surface area contributed by atoms with Crippen LogP contribution in [0.5, 0.6) is 5.75 Å². The van der Waals surface area contributed by atoms with Gasteiger partial charge in [0.2, 0.25) is 0 Å². The lowest BCUT2D eigenvalue weighted by molar-refractivity contribution is 0.0696. The molecule has 0 unspecified atom stereocenters. The number of hydrogen-bond donors (Lipinski definition) is 1. The van der Waals surface area contributed by atoms with Gasteiger partial charge in [-0.25, -0.2) is 9.18 Å². The van der Waals surface area contributed by atoms with E-state index in [1.165, 1.54) is 12.1 Å². The first kappa shape index (κ1) is 21.1. The van der Waals surface area contributed by atoms with Crippen LogP contribution in [0, 0.1) is 5.82 Å². The predicted octanol–water partition coefficient (Wildman–Crippen LogP) is 6.94. The number of hydrogen-bond acceptors (Lipinski definition) is 2. The van der Waals surface area contributed by atoms with Crippen molar-refractivity contribution in [3.8, 4) is 16.9 Å². The van der Waals surface area contributed by atoms with Crippen LogP contribution in [-0.4, -0.2) is 11.1 Å². The maximum atomic E-state index is 13.2. The van der Waals surface area contributed by atoms with E-state index in [-0.39, 0.29) is 11.4 Å². The molecule has 0 aliphatic heterocycles. The predicted molar refractivity (Wildman–Crippen MR) is 125 cm³/mol. The maximum Gasteiger partial charge on any atom is 0.336 e. The molecule has 0 saturated carbocycles. The van der Waals surface area contributed by atoms with E-state index < -0.39 is 5.97 Å². The molecule has 3 nitrogen and oxygen atoms in total. The van der Waals surface area contributed by atoms with Crippen LogP contribution in [0.15, 0.2) is 97.1 Å². The van der Waals surface area contributed by atoms with Crippen molar-refractivity contribution < 1.29 is 19.0 Å². The summed E-state index contributed by atoms with van der Waals surface area (Å²) in [7, 11) is 0. The Morgan fingerprint density at radius 1 is 0.812 bits per heavy atom. The van der Waals surface area contributed by atoms with Crippen LogP contribution < -0.4 is 4.74 Å². The molecule has 0 radical (unpaired) electrons. The van der Waals surface area contributed by atoms with Gasteiger partial charge in [-0.15, -0.1) is 0 Å². The molecule has 158 valence electrons. The molecule has 0 atom stereocenters. The maximum absolute atomic E-state index is 13.2. The number of rotatable bonds is 7. The first-order valence-corrected chi connectivity index (χ1v) is 10.2. The third-order valence-electron chi connectivity index (χ3n) is 5.04. The van der Waals surface area contributed by atoms with Crippen molar-refractivity contribution in [1.82, 2.24) is 0 Å². The molecule has 1 N–H and O–H groups in total. The fraction of sp³-hybridized carbons (Fsp3) is 0.0357. The Balaban J connectivity index is 1.51. The normalized spacial score (nSPS) is 10.9. The molecule has 0 aliphatic rings. The van der Waals surface area contributed by atoms with Crippen molar-refractivity contribution in [1.29, 1.82) is 0 Å². The average molecular weight is 424 g/mol. The van der Waals surface area contributed by atoms with E-state index in [2.05, 4.69) is 0 Å². The van der Waals surface area contributed by atoms with Gasteiger partial charge in [0.15, 0.2) is 0 Å². The van der Waals surface area contributed by atoms with Crippen molar-refractivity contribution >= 4 is 18.1 Å². The summed E-state index contributed by atoms with van der Waals surface area (Å²) < 4.78 is 19.0. The van der Waals surface area contributed by atoms with Gasteiger partial charge < -0.3 is 9.84 Å². The van der Waals surface area contributed by atoms with Crippen LogP contribution in [-0.2, 0) is 6.61 Å². The third kappa shape index (κ3) is 5.29. The Bertz CT molecular complexity index is 1230. The zero-order valence-corrected chi connectivity index (χ0v) is 17.2. The average Bonchev–Trinajstić information content (AvgIpc) is 2.83. The SMILES string of the molecule is O=C(O)c1ccc(-c2ccc(F)cc2)cc1/C=C/c1ccc(OCc2ccccc2)cc1. The molecule has 0 fully saturated rings. The summed E-state index contributed by atoms with van der Waals surface area (Å²) in [4.78, 5) is 11.7. The molecule has 0 heterocycles. The van der Waals surface area contributed by atoms with E-state index in [0.717, 1.165) is 28.0 Å². The Morgan fingerprint density at radius 2 is 1.50 bits per heavy atom. The topological polar surface area (TPSA) is 46.5 Å². The number of carbonyl (C=O) groups is 1. The van der Waals surface area contributed by atoms with E-state index in [0.29, 0.717) is 12.2 Å². The van der Waals surface area contributed by atoms with E-state index in [9.17, 15) is 14.3 Å². The summed E-state index contributed by atoms with van der Waals surface area (Å²) in [5.74, 6) is -0.553. The molecule has 0 aliphatic carbocycles. The molecular formula is C28H21FO3. The fourth-order valence-electron chi connectivity index (χ4n) is 3.32. The minimum Gasteiger partial charge on any atom is -0.489 e. The van der Waals surface area contributed by atoms with E-state index in [1.807, 2.05) is 60.7 Å². The monoisotopic (exact) mass is 424 g/mol. The van der Waals surface area contributed by atoms with Crippen molar-refractivity contribution in [3.63, 3.8) is 0 Å². The minimum atomic E-state index is -1.00. The largest absolute Gasteiger partial charge is 0.489 e. The number of benzene rings is 4. The van der Waals surface area contributed by atoms with E-state index in [1.54, 1.807) is 36.4 Å². The second-order valence-corrected chi connectivity index (χ2v) is 7.29. The molecule has 4 heteroatoms. The standard InChI is InChI=1S/C28H21FO3/c29-25-13-10-22(11-14-25)23-12-17-27(28(30)31)24(18-23)9-6-20-7-15-26(16-8-20)32-19-21-4-2-1-3-5-21/h1-18H,19H2,(H,30,31)/b9-6+. The molecule has 0 amide bonds. The van der Waals surface area contributed by atoms with Crippen LogP contribution in [0.1, 0.15) is 27.0 Å². The number of ether oxygens (including phenoxy) is 1. The summed E-state index contributed by atoms with van der Waals surface area (Å²) in [6.45, 7) is 0.494. The van der Waals surface area contributed by atoms with Crippen molar-refractivity contribution in [2.45, 2.75) is 6.61 Å². The quantitative estimate of drug-likeness (QED) is 0.327. The zero-order chi connectivity index (χ0) is 22.3. The molecule has 0 bridgehead atoms.